The summed E-state index contributed by atoms with van der Waals surface area (Å²) in [5.74, 6) is 0.901. The molecule has 2 aromatic rings. The Kier molecular flexibility index (Phi) is 4.27. The Morgan fingerprint density at radius 2 is 1.71 bits per heavy atom. The third kappa shape index (κ3) is 2.82. The van der Waals surface area contributed by atoms with E-state index in [-0.39, 0.29) is 5.41 Å². The molecule has 0 spiro atoms. The number of nitrogens with two attached hydrogens (primary N) is 1. The van der Waals surface area contributed by atoms with Crippen LogP contribution in [-0.4, -0.2) is 29.7 Å². The van der Waals surface area contributed by atoms with E-state index in [1.54, 1.807) is 0 Å². The molecule has 1 fully saturated rings. The molecular formula is C17H21N3O. The topological polar surface area (TPSA) is 61.0 Å². The summed E-state index contributed by atoms with van der Waals surface area (Å²) in [6.07, 6.45) is 6.49. The van der Waals surface area contributed by atoms with Gasteiger partial charge < -0.3 is 10.5 Å². The Bertz CT molecular complexity index is 562. The fraction of sp³-hybridized carbons (Fsp3) is 0.412. The van der Waals surface area contributed by atoms with Crippen LogP contribution in [-0.2, 0) is 16.6 Å². The molecule has 0 saturated carbocycles. The molecule has 0 bridgehead atoms. The highest BCUT2D eigenvalue weighted by Gasteiger charge is 2.38. The Morgan fingerprint density at radius 1 is 1.05 bits per heavy atom. The zero-order chi connectivity index (χ0) is 14.5. The van der Waals surface area contributed by atoms with Gasteiger partial charge in [0.2, 0.25) is 0 Å². The lowest BCUT2D eigenvalue weighted by Crippen LogP contribution is -2.36. The van der Waals surface area contributed by atoms with Crippen molar-refractivity contribution in [3.63, 3.8) is 0 Å². The van der Waals surface area contributed by atoms with Crippen LogP contribution in [0.2, 0.25) is 0 Å². The van der Waals surface area contributed by atoms with Crippen LogP contribution in [0.3, 0.4) is 0 Å². The van der Waals surface area contributed by atoms with E-state index < -0.39 is 0 Å². The molecule has 2 N–H and O–H groups in total. The average molecular weight is 283 g/mol. The predicted octanol–water partition coefficient (Wildman–Crippen LogP) is 2.07. The van der Waals surface area contributed by atoms with E-state index in [0.717, 1.165) is 43.9 Å². The number of ether oxygens (including phenoxy) is 1. The van der Waals surface area contributed by atoms with Gasteiger partial charge >= 0.3 is 0 Å². The van der Waals surface area contributed by atoms with E-state index in [0.29, 0.717) is 6.54 Å². The molecule has 0 radical (unpaired) electrons. The first-order chi connectivity index (χ1) is 10.3. The Morgan fingerprint density at radius 3 is 2.33 bits per heavy atom. The second-order valence-corrected chi connectivity index (χ2v) is 5.51. The van der Waals surface area contributed by atoms with Gasteiger partial charge in [0, 0.05) is 25.6 Å². The highest BCUT2D eigenvalue weighted by molar-refractivity contribution is 5.33. The first-order valence-electron chi connectivity index (χ1n) is 7.50. The van der Waals surface area contributed by atoms with Crippen molar-refractivity contribution in [3.05, 3.63) is 59.7 Å². The number of benzene rings is 1. The second-order valence-electron chi connectivity index (χ2n) is 5.51. The first kappa shape index (κ1) is 14.2. The summed E-state index contributed by atoms with van der Waals surface area (Å²) in [4.78, 5) is 9.29. The minimum Gasteiger partial charge on any atom is -0.381 e. The van der Waals surface area contributed by atoms with Crippen molar-refractivity contribution in [2.75, 3.05) is 19.8 Å². The van der Waals surface area contributed by atoms with Gasteiger partial charge in [-0.3, -0.25) is 0 Å². The number of nitrogens with zero attached hydrogens (tertiary/aromatic N) is 2. The van der Waals surface area contributed by atoms with Crippen LogP contribution in [0.25, 0.3) is 0 Å². The van der Waals surface area contributed by atoms with Gasteiger partial charge in [-0.05, 0) is 36.9 Å². The molecule has 1 aliphatic heterocycles. The number of hydrogen-bond acceptors (Lipinski definition) is 4. The third-order valence-corrected chi connectivity index (χ3v) is 4.24. The Labute approximate surface area is 125 Å². The van der Waals surface area contributed by atoms with Crippen LogP contribution < -0.4 is 5.73 Å². The predicted molar refractivity (Wildman–Crippen MR) is 82.1 cm³/mol. The van der Waals surface area contributed by atoms with E-state index >= 15 is 0 Å². The minimum absolute atomic E-state index is 0.124. The van der Waals surface area contributed by atoms with Crippen molar-refractivity contribution in [3.8, 4) is 0 Å². The number of rotatable bonds is 4. The number of hydrogen-bond donors (Lipinski definition) is 1. The van der Waals surface area contributed by atoms with Gasteiger partial charge in [-0.1, -0.05) is 30.3 Å². The van der Waals surface area contributed by atoms with Crippen molar-refractivity contribution in [2.24, 2.45) is 5.73 Å². The quantitative estimate of drug-likeness (QED) is 0.933. The Balaban J connectivity index is 1.99. The fourth-order valence-corrected chi connectivity index (χ4v) is 3.02. The third-order valence-electron chi connectivity index (χ3n) is 4.24. The summed E-state index contributed by atoms with van der Waals surface area (Å²) < 4.78 is 5.56. The summed E-state index contributed by atoms with van der Waals surface area (Å²) in [6, 6.07) is 10.5. The highest BCUT2D eigenvalue weighted by Crippen LogP contribution is 2.39. The van der Waals surface area contributed by atoms with Crippen LogP contribution in [0, 0.1) is 0 Å². The first-order valence-corrected chi connectivity index (χ1v) is 7.50. The number of aromatic nitrogens is 2. The SMILES string of the molecule is NCCc1cnc(C2(c3ccccc3)CCOCC2)nc1. The average Bonchev–Trinajstić information content (AvgIpc) is 2.57. The van der Waals surface area contributed by atoms with Crippen LogP contribution >= 0.6 is 0 Å². The smallest absolute Gasteiger partial charge is 0.138 e. The maximum atomic E-state index is 5.59. The van der Waals surface area contributed by atoms with Crippen molar-refractivity contribution in [1.29, 1.82) is 0 Å². The van der Waals surface area contributed by atoms with Gasteiger partial charge in [0.15, 0.2) is 0 Å². The molecule has 1 aromatic carbocycles. The summed E-state index contributed by atoms with van der Waals surface area (Å²) in [5, 5.41) is 0. The molecule has 21 heavy (non-hydrogen) atoms. The van der Waals surface area contributed by atoms with E-state index in [2.05, 4.69) is 34.2 Å². The van der Waals surface area contributed by atoms with Gasteiger partial charge in [-0.25, -0.2) is 9.97 Å². The molecule has 3 rings (SSSR count). The van der Waals surface area contributed by atoms with Crippen LogP contribution in [0.15, 0.2) is 42.7 Å². The molecule has 2 heterocycles. The molecule has 1 saturated heterocycles. The molecule has 4 nitrogen and oxygen atoms in total. The zero-order valence-corrected chi connectivity index (χ0v) is 12.2. The van der Waals surface area contributed by atoms with Crippen LogP contribution in [0.4, 0.5) is 0 Å². The lowest BCUT2D eigenvalue weighted by Gasteiger charge is -2.36. The second kappa shape index (κ2) is 6.33. The maximum absolute atomic E-state index is 5.59. The molecule has 0 atom stereocenters. The largest absolute Gasteiger partial charge is 0.381 e. The Hall–Kier alpha value is -1.78. The summed E-state index contributed by atoms with van der Waals surface area (Å²) in [6.45, 7) is 2.13. The van der Waals surface area contributed by atoms with E-state index in [1.165, 1.54) is 5.56 Å². The lowest BCUT2D eigenvalue weighted by atomic mass is 9.73. The molecule has 0 unspecified atom stereocenters. The maximum Gasteiger partial charge on any atom is 0.138 e. The summed E-state index contributed by atoms with van der Waals surface area (Å²) in [7, 11) is 0. The molecule has 0 amide bonds. The van der Waals surface area contributed by atoms with E-state index in [9.17, 15) is 0 Å². The van der Waals surface area contributed by atoms with Crippen molar-refractivity contribution in [2.45, 2.75) is 24.7 Å². The standard InChI is InChI=1S/C17H21N3O/c18-9-6-14-12-19-16(20-13-14)17(7-10-21-11-8-17)15-4-2-1-3-5-15/h1-5,12-13H,6-11,18H2. The van der Waals surface area contributed by atoms with Crippen molar-refractivity contribution < 1.29 is 4.74 Å². The van der Waals surface area contributed by atoms with Crippen molar-refractivity contribution in [1.82, 2.24) is 9.97 Å². The van der Waals surface area contributed by atoms with Gasteiger partial charge in [-0.2, -0.15) is 0 Å². The monoisotopic (exact) mass is 283 g/mol. The molecule has 110 valence electrons. The lowest BCUT2D eigenvalue weighted by molar-refractivity contribution is 0.0604. The van der Waals surface area contributed by atoms with Crippen molar-refractivity contribution >= 4 is 0 Å². The minimum atomic E-state index is -0.124. The molecule has 1 aliphatic rings. The normalized spacial score (nSPS) is 17.6. The molecular weight excluding hydrogens is 262 g/mol. The van der Waals surface area contributed by atoms with Crippen LogP contribution in [0.1, 0.15) is 29.8 Å². The van der Waals surface area contributed by atoms with E-state index in [1.807, 2.05) is 18.5 Å². The zero-order valence-electron chi connectivity index (χ0n) is 12.2. The molecule has 1 aromatic heterocycles. The van der Waals surface area contributed by atoms with Gasteiger partial charge in [0.05, 0.1) is 5.41 Å². The summed E-state index contributed by atoms with van der Waals surface area (Å²) in [5.41, 5.74) is 7.83. The summed E-state index contributed by atoms with van der Waals surface area (Å²) >= 11 is 0. The highest BCUT2D eigenvalue weighted by atomic mass is 16.5. The van der Waals surface area contributed by atoms with Crippen LogP contribution in [0.5, 0.6) is 0 Å². The molecule has 0 aliphatic carbocycles. The van der Waals surface area contributed by atoms with E-state index in [4.69, 9.17) is 10.5 Å². The van der Waals surface area contributed by atoms with Gasteiger partial charge in [-0.15, -0.1) is 0 Å². The van der Waals surface area contributed by atoms with Gasteiger partial charge in [0.1, 0.15) is 5.82 Å². The van der Waals surface area contributed by atoms with Gasteiger partial charge in [0.25, 0.3) is 0 Å². The molecule has 4 heteroatoms. The fourth-order valence-electron chi connectivity index (χ4n) is 3.02.